The van der Waals surface area contributed by atoms with Crippen LogP contribution in [0, 0.1) is 0 Å². The summed E-state index contributed by atoms with van der Waals surface area (Å²) in [5.74, 6) is 2.42. The van der Waals surface area contributed by atoms with Crippen molar-refractivity contribution in [2.45, 2.75) is 18.8 Å². The Balaban J connectivity index is 1.49. The second-order valence-electron chi connectivity index (χ2n) is 6.78. The number of imidazole rings is 1. The molecule has 1 unspecified atom stereocenters. The molecular weight excluding hydrogens is 346 g/mol. The van der Waals surface area contributed by atoms with E-state index in [2.05, 4.69) is 32.0 Å². The Kier molecular flexibility index (Phi) is 3.75. The van der Waals surface area contributed by atoms with Crippen molar-refractivity contribution in [2.24, 2.45) is 0 Å². The Morgan fingerprint density at radius 1 is 1.08 bits per heavy atom. The second kappa shape index (κ2) is 6.25. The molecule has 130 valence electrons. The maximum Gasteiger partial charge on any atom is 0.139 e. The zero-order chi connectivity index (χ0) is 17.5. The van der Waals surface area contributed by atoms with E-state index < -0.39 is 0 Å². The smallest absolute Gasteiger partial charge is 0.139 e. The van der Waals surface area contributed by atoms with Crippen LogP contribution in [0.1, 0.15) is 24.6 Å². The Labute approximate surface area is 156 Å². The molecule has 0 aliphatic carbocycles. The molecular formula is C20H18ClN5. The van der Waals surface area contributed by atoms with Crippen molar-refractivity contribution in [1.29, 1.82) is 0 Å². The summed E-state index contributed by atoms with van der Waals surface area (Å²) in [6, 6.07) is 14.0. The fourth-order valence-corrected chi connectivity index (χ4v) is 3.99. The summed E-state index contributed by atoms with van der Waals surface area (Å²) in [5, 5.41) is 1.74. The highest BCUT2D eigenvalue weighted by atomic mass is 35.5. The molecule has 2 aromatic heterocycles. The van der Waals surface area contributed by atoms with Gasteiger partial charge in [-0.25, -0.2) is 15.0 Å². The predicted molar refractivity (Wildman–Crippen MR) is 105 cm³/mol. The van der Waals surface area contributed by atoms with Gasteiger partial charge in [0.25, 0.3) is 0 Å². The van der Waals surface area contributed by atoms with Crippen LogP contribution in [0.25, 0.3) is 21.9 Å². The second-order valence-corrected chi connectivity index (χ2v) is 7.22. The SMILES string of the molecule is Clc1ccc2c(N3CCCC(c4nc5ccccc5[nH]4)C3)ncnc2c1. The molecule has 1 fully saturated rings. The van der Waals surface area contributed by atoms with E-state index in [1.54, 1.807) is 6.33 Å². The highest BCUT2D eigenvalue weighted by Gasteiger charge is 2.25. The van der Waals surface area contributed by atoms with Crippen LogP contribution in [0.4, 0.5) is 5.82 Å². The number of aromatic nitrogens is 4. The number of hydrogen-bond acceptors (Lipinski definition) is 4. The van der Waals surface area contributed by atoms with Crippen LogP contribution in [0.3, 0.4) is 0 Å². The first kappa shape index (κ1) is 15.6. The molecule has 0 amide bonds. The zero-order valence-electron chi connectivity index (χ0n) is 14.2. The van der Waals surface area contributed by atoms with Crippen LogP contribution in [0.2, 0.25) is 5.02 Å². The molecule has 5 rings (SSSR count). The van der Waals surface area contributed by atoms with Gasteiger partial charge in [0.05, 0.1) is 16.6 Å². The molecule has 6 heteroatoms. The molecule has 1 N–H and O–H groups in total. The van der Waals surface area contributed by atoms with Gasteiger partial charge in [-0.2, -0.15) is 0 Å². The van der Waals surface area contributed by atoms with E-state index in [9.17, 15) is 0 Å². The van der Waals surface area contributed by atoms with Crippen molar-refractivity contribution < 1.29 is 0 Å². The van der Waals surface area contributed by atoms with E-state index in [4.69, 9.17) is 16.6 Å². The van der Waals surface area contributed by atoms with Gasteiger partial charge >= 0.3 is 0 Å². The summed E-state index contributed by atoms with van der Waals surface area (Å²) in [6.07, 6.45) is 3.87. The van der Waals surface area contributed by atoms with Gasteiger partial charge in [-0.15, -0.1) is 0 Å². The molecule has 0 saturated carbocycles. The quantitative estimate of drug-likeness (QED) is 0.568. The molecule has 0 radical (unpaired) electrons. The van der Waals surface area contributed by atoms with Gasteiger partial charge in [-0.1, -0.05) is 23.7 Å². The number of hydrogen-bond donors (Lipinski definition) is 1. The summed E-state index contributed by atoms with van der Waals surface area (Å²) >= 11 is 6.11. The maximum atomic E-state index is 6.11. The van der Waals surface area contributed by atoms with Crippen LogP contribution in [-0.4, -0.2) is 33.0 Å². The molecule has 1 atom stereocenters. The summed E-state index contributed by atoms with van der Waals surface area (Å²) in [5.41, 5.74) is 3.01. The number of nitrogens with zero attached hydrogens (tertiary/aromatic N) is 4. The Hall–Kier alpha value is -2.66. The van der Waals surface area contributed by atoms with Crippen molar-refractivity contribution in [1.82, 2.24) is 19.9 Å². The fourth-order valence-electron chi connectivity index (χ4n) is 3.83. The molecule has 1 aliphatic heterocycles. The van der Waals surface area contributed by atoms with E-state index in [1.165, 1.54) is 0 Å². The average molecular weight is 364 g/mol. The molecule has 4 aromatic rings. The van der Waals surface area contributed by atoms with Crippen molar-refractivity contribution in [2.75, 3.05) is 18.0 Å². The van der Waals surface area contributed by atoms with Gasteiger partial charge in [0, 0.05) is 29.4 Å². The number of aromatic amines is 1. The van der Waals surface area contributed by atoms with Crippen molar-refractivity contribution in [3.63, 3.8) is 0 Å². The van der Waals surface area contributed by atoms with Gasteiger partial charge in [-0.3, -0.25) is 0 Å². The van der Waals surface area contributed by atoms with Crippen LogP contribution < -0.4 is 4.90 Å². The van der Waals surface area contributed by atoms with Crippen LogP contribution in [0.5, 0.6) is 0 Å². The van der Waals surface area contributed by atoms with E-state index in [1.807, 2.05) is 30.3 Å². The summed E-state index contributed by atoms with van der Waals surface area (Å²) < 4.78 is 0. The molecule has 0 spiro atoms. The Morgan fingerprint density at radius 3 is 2.92 bits per heavy atom. The van der Waals surface area contributed by atoms with Gasteiger partial charge in [0.15, 0.2) is 0 Å². The summed E-state index contributed by atoms with van der Waals surface area (Å²) in [7, 11) is 0. The summed E-state index contributed by atoms with van der Waals surface area (Å²) in [6.45, 7) is 1.89. The molecule has 1 aliphatic rings. The van der Waals surface area contributed by atoms with Gasteiger partial charge in [-0.05, 0) is 43.2 Å². The van der Waals surface area contributed by atoms with Gasteiger partial charge < -0.3 is 9.88 Å². The zero-order valence-corrected chi connectivity index (χ0v) is 14.9. The maximum absolute atomic E-state index is 6.11. The minimum atomic E-state index is 0.369. The molecule has 1 saturated heterocycles. The van der Waals surface area contributed by atoms with E-state index in [-0.39, 0.29) is 0 Å². The average Bonchev–Trinajstić information content (AvgIpc) is 3.12. The number of nitrogens with one attached hydrogen (secondary N) is 1. The molecule has 5 nitrogen and oxygen atoms in total. The van der Waals surface area contributed by atoms with E-state index in [0.29, 0.717) is 10.9 Å². The number of H-pyrrole nitrogens is 1. The number of piperidine rings is 1. The fraction of sp³-hybridized carbons (Fsp3) is 0.250. The number of anilines is 1. The van der Waals surface area contributed by atoms with Crippen molar-refractivity contribution >= 4 is 39.4 Å². The molecule has 2 aromatic carbocycles. The van der Waals surface area contributed by atoms with Crippen LogP contribution in [-0.2, 0) is 0 Å². The molecule has 0 bridgehead atoms. The standard InChI is InChI=1S/C20H18ClN5/c21-14-7-8-15-18(10-14)22-12-23-20(15)26-9-3-4-13(11-26)19-24-16-5-1-2-6-17(16)25-19/h1-2,5-8,10,12-13H,3-4,9,11H2,(H,24,25). The highest BCUT2D eigenvalue weighted by molar-refractivity contribution is 6.31. The monoisotopic (exact) mass is 363 g/mol. The largest absolute Gasteiger partial charge is 0.355 e. The Bertz CT molecular complexity index is 1060. The predicted octanol–water partition coefficient (Wildman–Crippen LogP) is 4.54. The highest BCUT2D eigenvalue weighted by Crippen LogP contribution is 2.32. The van der Waals surface area contributed by atoms with Gasteiger partial charge in [0.2, 0.25) is 0 Å². The first-order chi connectivity index (χ1) is 12.8. The van der Waals surface area contributed by atoms with E-state index >= 15 is 0 Å². The van der Waals surface area contributed by atoms with Crippen molar-refractivity contribution in [3.8, 4) is 0 Å². The van der Waals surface area contributed by atoms with Crippen LogP contribution in [0.15, 0.2) is 48.8 Å². The number of para-hydroxylation sites is 2. The third kappa shape index (κ3) is 2.69. The topological polar surface area (TPSA) is 57.7 Å². The Morgan fingerprint density at radius 2 is 2.00 bits per heavy atom. The number of benzene rings is 2. The molecule has 3 heterocycles. The normalized spacial score (nSPS) is 17.9. The van der Waals surface area contributed by atoms with Gasteiger partial charge in [0.1, 0.15) is 18.0 Å². The third-order valence-electron chi connectivity index (χ3n) is 5.09. The molecule has 26 heavy (non-hydrogen) atoms. The number of halogens is 1. The lowest BCUT2D eigenvalue weighted by Crippen LogP contribution is -2.35. The lowest BCUT2D eigenvalue weighted by Gasteiger charge is -2.33. The van der Waals surface area contributed by atoms with E-state index in [0.717, 1.165) is 59.5 Å². The number of fused-ring (bicyclic) bond motifs is 2. The number of rotatable bonds is 2. The minimum absolute atomic E-state index is 0.369. The van der Waals surface area contributed by atoms with Crippen molar-refractivity contribution in [3.05, 3.63) is 59.6 Å². The first-order valence-corrected chi connectivity index (χ1v) is 9.25. The summed E-state index contributed by atoms with van der Waals surface area (Å²) in [4.78, 5) is 19.6. The lowest BCUT2D eigenvalue weighted by molar-refractivity contribution is 0.493. The lowest BCUT2D eigenvalue weighted by atomic mass is 9.97. The first-order valence-electron chi connectivity index (χ1n) is 8.88. The third-order valence-corrected chi connectivity index (χ3v) is 5.33. The van der Waals surface area contributed by atoms with Crippen LogP contribution >= 0.6 is 11.6 Å². The minimum Gasteiger partial charge on any atom is -0.355 e.